The van der Waals surface area contributed by atoms with Crippen molar-refractivity contribution in [3.05, 3.63) is 17.2 Å². The molecule has 0 fully saturated rings. The highest BCUT2D eigenvalue weighted by molar-refractivity contribution is 5.81. The number of nitrogens with one attached hydrogen (secondary N) is 1. The van der Waals surface area contributed by atoms with Crippen LogP contribution in [0.15, 0.2) is 6.07 Å². The maximum absolute atomic E-state index is 11.0. The summed E-state index contributed by atoms with van der Waals surface area (Å²) in [5.41, 5.74) is 2.83. The second kappa shape index (κ2) is 5.57. The lowest BCUT2D eigenvalue weighted by atomic mass is 10.1. The maximum atomic E-state index is 11.0. The first-order valence-electron chi connectivity index (χ1n) is 5.46. The third-order valence-electron chi connectivity index (χ3n) is 2.74. The van der Waals surface area contributed by atoms with Crippen molar-refractivity contribution in [2.24, 2.45) is 0 Å². The number of benzene rings is 1. The number of methoxy groups -OCH3 is 2. The molecule has 1 rings (SSSR count). The minimum absolute atomic E-state index is 0.0734. The Morgan fingerprint density at radius 3 is 2.35 bits per heavy atom. The Bertz CT molecular complexity index is 427. The molecule has 0 radical (unpaired) electrons. The minimum Gasteiger partial charge on any atom is -0.496 e. The van der Waals surface area contributed by atoms with Gasteiger partial charge in [-0.25, -0.2) is 0 Å². The lowest BCUT2D eigenvalue weighted by Gasteiger charge is -2.17. The molecule has 0 amide bonds. The summed E-state index contributed by atoms with van der Waals surface area (Å²) < 4.78 is 10.7. The van der Waals surface area contributed by atoms with Crippen molar-refractivity contribution < 1.29 is 14.3 Å². The van der Waals surface area contributed by atoms with Crippen molar-refractivity contribution in [3.8, 4) is 11.5 Å². The molecular formula is C13H19NO3. The average molecular weight is 237 g/mol. The molecule has 94 valence electrons. The van der Waals surface area contributed by atoms with Gasteiger partial charge in [0.15, 0.2) is 0 Å². The Balaban J connectivity index is 3.17. The Kier molecular flexibility index (Phi) is 4.37. The van der Waals surface area contributed by atoms with Crippen molar-refractivity contribution in [2.45, 2.75) is 20.8 Å². The summed E-state index contributed by atoms with van der Waals surface area (Å²) in [6.45, 7) is 5.76. The van der Waals surface area contributed by atoms with Gasteiger partial charge in [0.05, 0.1) is 26.5 Å². The number of ether oxygens (including phenoxy) is 2. The SMILES string of the molecule is COc1cc(NCC(C)=O)c(OC)c(C)c1C. The molecule has 0 aliphatic rings. The van der Waals surface area contributed by atoms with Gasteiger partial charge in [0.25, 0.3) is 0 Å². The maximum Gasteiger partial charge on any atom is 0.148 e. The first kappa shape index (κ1) is 13.4. The van der Waals surface area contributed by atoms with E-state index < -0.39 is 0 Å². The third kappa shape index (κ3) is 2.90. The monoisotopic (exact) mass is 237 g/mol. The molecule has 4 nitrogen and oxygen atoms in total. The normalized spacial score (nSPS) is 9.94. The highest BCUT2D eigenvalue weighted by Crippen LogP contribution is 2.36. The zero-order valence-corrected chi connectivity index (χ0v) is 11.0. The van der Waals surface area contributed by atoms with Crippen LogP contribution >= 0.6 is 0 Å². The first-order chi connectivity index (χ1) is 8.01. The van der Waals surface area contributed by atoms with E-state index in [9.17, 15) is 4.79 Å². The molecule has 1 aromatic rings. The highest BCUT2D eigenvalue weighted by Gasteiger charge is 2.13. The fourth-order valence-corrected chi connectivity index (χ4v) is 1.69. The van der Waals surface area contributed by atoms with Crippen LogP contribution in [0.3, 0.4) is 0 Å². The molecule has 0 unspecified atom stereocenters. The Labute approximate surface area is 102 Å². The van der Waals surface area contributed by atoms with E-state index in [0.717, 1.165) is 28.3 Å². The van der Waals surface area contributed by atoms with Crippen molar-refractivity contribution in [1.82, 2.24) is 0 Å². The van der Waals surface area contributed by atoms with Gasteiger partial charge in [-0.3, -0.25) is 4.79 Å². The second-order valence-electron chi connectivity index (χ2n) is 3.97. The van der Waals surface area contributed by atoms with Crippen LogP contribution in [0, 0.1) is 13.8 Å². The van der Waals surface area contributed by atoms with Crippen molar-refractivity contribution >= 4 is 11.5 Å². The van der Waals surface area contributed by atoms with Gasteiger partial charge < -0.3 is 14.8 Å². The molecule has 17 heavy (non-hydrogen) atoms. The molecule has 0 atom stereocenters. The van der Waals surface area contributed by atoms with Gasteiger partial charge in [0.1, 0.15) is 17.3 Å². The molecule has 0 bridgehead atoms. The molecule has 0 aliphatic carbocycles. The number of hydrogen-bond donors (Lipinski definition) is 1. The number of carbonyl (C=O) groups excluding carboxylic acids is 1. The Hall–Kier alpha value is -1.71. The molecule has 4 heteroatoms. The average Bonchev–Trinajstić information content (AvgIpc) is 2.30. The number of carbonyl (C=O) groups is 1. The standard InChI is InChI=1S/C13H19NO3/c1-8(15)7-14-11-6-12(16-4)9(2)10(3)13(11)17-5/h6,14H,7H2,1-5H3. The van der Waals surface area contributed by atoms with E-state index in [0.29, 0.717) is 0 Å². The molecule has 1 N–H and O–H groups in total. The molecule has 0 heterocycles. The Morgan fingerprint density at radius 1 is 1.24 bits per heavy atom. The summed E-state index contributed by atoms with van der Waals surface area (Å²) in [5, 5.41) is 3.05. The number of Topliss-reactive ketones (excluding diaryl/α,β-unsaturated/α-hetero) is 1. The molecule has 0 spiro atoms. The summed E-state index contributed by atoms with van der Waals surface area (Å²) in [4.78, 5) is 11.0. The number of anilines is 1. The van der Waals surface area contributed by atoms with Crippen LogP contribution < -0.4 is 14.8 Å². The smallest absolute Gasteiger partial charge is 0.148 e. The zero-order chi connectivity index (χ0) is 13.0. The van der Waals surface area contributed by atoms with Crippen molar-refractivity contribution in [2.75, 3.05) is 26.1 Å². The van der Waals surface area contributed by atoms with E-state index in [1.54, 1.807) is 14.2 Å². The number of hydrogen-bond acceptors (Lipinski definition) is 4. The number of rotatable bonds is 5. The first-order valence-corrected chi connectivity index (χ1v) is 5.46. The fraction of sp³-hybridized carbons (Fsp3) is 0.462. The predicted molar refractivity (Wildman–Crippen MR) is 68.2 cm³/mol. The van der Waals surface area contributed by atoms with Gasteiger partial charge in [-0.1, -0.05) is 0 Å². The van der Waals surface area contributed by atoms with Crippen LogP contribution in [0.2, 0.25) is 0 Å². The molecule has 0 saturated carbocycles. The van der Waals surface area contributed by atoms with Crippen LogP contribution in [0.5, 0.6) is 11.5 Å². The van der Waals surface area contributed by atoms with Gasteiger partial charge in [-0.2, -0.15) is 0 Å². The van der Waals surface area contributed by atoms with Crippen LogP contribution in [-0.4, -0.2) is 26.5 Å². The summed E-state index contributed by atoms with van der Waals surface area (Å²) in [5.74, 6) is 1.61. The topological polar surface area (TPSA) is 47.6 Å². The predicted octanol–water partition coefficient (Wildman–Crippen LogP) is 2.32. The lowest BCUT2D eigenvalue weighted by Crippen LogP contribution is -2.11. The quantitative estimate of drug-likeness (QED) is 0.853. The van der Waals surface area contributed by atoms with Crippen LogP contribution in [0.4, 0.5) is 5.69 Å². The van der Waals surface area contributed by atoms with Crippen LogP contribution in [0.1, 0.15) is 18.1 Å². The Morgan fingerprint density at radius 2 is 1.88 bits per heavy atom. The van der Waals surface area contributed by atoms with Gasteiger partial charge in [-0.15, -0.1) is 0 Å². The van der Waals surface area contributed by atoms with Crippen molar-refractivity contribution in [1.29, 1.82) is 0 Å². The lowest BCUT2D eigenvalue weighted by molar-refractivity contribution is -0.115. The van der Waals surface area contributed by atoms with E-state index in [-0.39, 0.29) is 12.3 Å². The summed E-state index contributed by atoms with van der Waals surface area (Å²) >= 11 is 0. The minimum atomic E-state index is 0.0734. The molecule has 1 aromatic carbocycles. The molecule has 0 saturated heterocycles. The second-order valence-corrected chi connectivity index (χ2v) is 3.97. The molecule has 0 aliphatic heterocycles. The summed E-state index contributed by atoms with van der Waals surface area (Å²) in [6, 6.07) is 1.85. The van der Waals surface area contributed by atoms with E-state index in [4.69, 9.17) is 9.47 Å². The van der Waals surface area contributed by atoms with E-state index in [1.165, 1.54) is 6.92 Å². The molecule has 0 aromatic heterocycles. The van der Waals surface area contributed by atoms with E-state index >= 15 is 0 Å². The van der Waals surface area contributed by atoms with E-state index in [2.05, 4.69) is 5.32 Å². The third-order valence-corrected chi connectivity index (χ3v) is 2.74. The summed E-state index contributed by atoms with van der Waals surface area (Å²) in [6.07, 6.45) is 0. The number of ketones is 1. The fourth-order valence-electron chi connectivity index (χ4n) is 1.69. The van der Waals surface area contributed by atoms with Crippen LogP contribution in [-0.2, 0) is 4.79 Å². The van der Waals surface area contributed by atoms with Crippen LogP contribution in [0.25, 0.3) is 0 Å². The van der Waals surface area contributed by atoms with Gasteiger partial charge in [0, 0.05) is 6.07 Å². The largest absolute Gasteiger partial charge is 0.496 e. The van der Waals surface area contributed by atoms with Gasteiger partial charge >= 0.3 is 0 Å². The van der Waals surface area contributed by atoms with Crippen molar-refractivity contribution in [3.63, 3.8) is 0 Å². The molecular weight excluding hydrogens is 218 g/mol. The van der Waals surface area contributed by atoms with Gasteiger partial charge in [0.2, 0.25) is 0 Å². The highest BCUT2D eigenvalue weighted by atomic mass is 16.5. The van der Waals surface area contributed by atoms with Gasteiger partial charge in [-0.05, 0) is 31.9 Å². The van der Waals surface area contributed by atoms with E-state index in [1.807, 2.05) is 19.9 Å². The zero-order valence-electron chi connectivity index (χ0n) is 11.0. The summed E-state index contributed by atoms with van der Waals surface area (Å²) in [7, 11) is 3.25.